The number of para-hydroxylation sites is 1. The number of ether oxygens (including phenoxy) is 1. The minimum Gasteiger partial charge on any atom is -0.497 e. The third-order valence-corrected chi connectivity index (χ3v) is 13.6. The van der Waals surface area contributed by atoms with Gasteiger partial charge < -0.3 is 34.6 Å². The Bertz CT molecular complexity index is 2360. The molecule has 7 rings (SSSR count). The van der Waals surface area contributed by atoms with Crippen molar-refractivity contribution in [2.45, 2.75) is 63.1 Å². The first-order valence-corrected chi connectivity index (χ1v) is 21.6. The highest BCUT2D eigenvalue weighted by molar-refractivity contribution is 7.62. The smallest absolute Gasteiger partial charge is 0.362 e. The van der Waals surface area contributed by atoms with E-state index in [2.05, 4.69) is 56.1 Å². The third-order valence-electron chi connectivity index (χ3n) is 11.3. The van der Waals surface area contributed by atoms with E-state index in [1.165, 1.54) is 18.6 Å². The van der Waals surface area contributed by atoms with Crippen molar-refractivity contribution >= 4 is 65.5 Å². The number of hydrogen-bond donors (Lipinski definition) is 4. The molecule has 4 aromatic rings. The van der Waals surface area contributed by atoms with Gasteiger partial charge in [0.1, 0.15) is 11.6 Å². The summed E-state index contributed by atoms with van der Waals surface area (Å²) in [5.74, 6) is 7.09. The van der Waals surface area contributed by atoms with Gasteiger partial charge in [0.05, 0.1) is 29.8 Å². The van der Waals surface area contributed by atoms with E-state index in [-0.39, 0.29) is 48.0 Å². The molecular formula is C43H48ClN8O7P. The lowest BCUT2D eigenvalue weighted by molar-refractivity contribution is -0.135. The van der Waals surface area contributed by atoms with Crippen molar-refractivity contribution in [1.29, 1.82) is 0 Å². The van der Waals surface area contributed by atoms with Crippen LogP contribution < -0.4 is 35.7 Å². The molecule has 4 N–H and O–H groups in total. The van der Waals surface area contributed by atoms with Gasteiger partial charge in [-0.2, -0.15) is 4.98 Å². The fourth-order valence-corrected chi connectivity index (χ4v) is 9.35. The van der Waals surface area contributed by atoms with Crippen LogP contribution >= 0.6 is 19.4 Å². The van der Waals surface area contributed by atoms with Crippen LogP contribution in [-0.4, -0.2) is 85.6 Å². The number of halogens is 1. The number of anilines is 4. The number of imide groups is 1. The predicted octanol–water partition coefficient (Wildman–Crippen LogP) is 5.43. The number of carbonyl (C=O) groups excluding carboxylic acids is 3. The van der Waals surface area contributed by atoms with Gasteiger partial charge in [-0.25, -0.2) is 9.40 Å². The Morgan fingerprint density at radius 3 is 2.48 bits per heavy atom. The minimum absolute atomic E-state index is 0.106. The highest BCUT2D eigenvalue weighted by atomic mass is 35.5. The zero-order chi connectivity index (χ0) is 42.4. The molecule has 314 valence electrons. The number of nitrogens with zero attached hydrogens (tertiary/aromatic N) is 4. The van der Waals surface area contributed by atoms with Crippen molar-refractivity contribution < 1.29 is 32.7 Å². The number of benzene rings is 3. The Labute approximate surface area is 354 Å². The minimum atomic E-state index is -3.57. The lowest BCUT2D eigenvalue weighted by Crippen LogP contribution is -2.48. The van der Waals surface area contributed by atoms with Crippen LogP contribution in [-0.2, 0) is 35.2 Å². The number of methoxy groups -OCH3 is 1. The van der Waals surface area contributed by atoms with E-state index in [9.17, 15) is 18.9 Å². The SMILES string of the molecule is CCC(C#Cc1ccc2c(c1)CN(C1CC(=O)NC(=O)C1)C2=O)NCC1(c2cc(OC)cc(N(Cl)c3nccc(Nc4ccccc4P(=O)(OC)OC)n3)c2)CCNCC1. The van der Waals surface area contributed by atoms with Gasteiger partial charge in [-0.15, -0.1) is 0 Å². The Morgan fingerprint density at radius 2 is 1.77 bits per heavy atom. The number of nitrogens with one attached hydrogen (secondary N) is 4. The molecule has 3 aliphatic rings. The van der Waals surface area contributed by atoms with Crippen LogP contribution in [0.1, 0.15) is 66.1 Å². The third kappa shape index (κ3) is 9.19. The van der Waals surface area contributed by atoms with E-state index in [1.54, 1.807) is 54.6 Å². The Morgan fingerprint density at radius 1 is 1.02 bits per heavy atom. The Kier molecular flexibility index (Phi) is 13.2. The summed E-state index contributed by atoms with van der Waals surface area (Å²) in [6.45, 7) is 4.71. The molecule has 0 spiro atoms. The Balaban J connectivity index is 1.09. The summed E-state index contributed by atoms with van der Waals surface area (Å²) in [5, 5.41) is 13.1. The molecule has 1 aromatic heterocycles. The topological polar surface area (TPSA) is 176 Å². The predicted molar refractivity (Wildman–Crippen MR) is 229 cm³/mol. The van der Waals surface area contributed by atoms with Gasteiger partial charge in [-0.3, -0.25) is 24.3 Å². The molecule has 0 radical (unpaired) electrons. The van der Waals surface area contributed by atoms with Gasteiger partial charge in [0.15, 0.2) is 0 Å². The quantitative estimate of drug-likeness (QED) is 0.0547. The molecule has 2 fully saturated rings. The second-order valence-electron chi connectivity index (χ2n) is 14.9. The van der Waals surface area contributed by atoms with Crippen LogP contribution in [0.5, 0.6) is 5.75 Å². The number of hydrogen-bond acceptors (Lipinski definition) is 13. The van der Waals surface area contributed by atoms with Crippen LogP contribution in [0.2, 0.25) is 0 Å². The number of fused-ring (bicyclic) bond motifs is 1. The van der Waals surface area contributed by atoms with Gasteiger partial charge in [0.25, 0.3) is 5.91 Å². The van der Waals surface area contributed by atoms with Crippen LogP contribution in [0.3, 0.4) is 0 Å². The summed E-state index contributed by atoms with van der Waals surface area (Å²) < 4.78 is 31.0. The average Bonchev–Trinajstić information content (AvgIpc) is 3.61. The molecule has 4 heterocycles. The molecule has 17 heteroatoms. The van der Waals surface area contributed by atoms with Crippen LogP contribution in [0.25, 0.3) is 0 Å². The second-order valence-corrected chi connectivity index (χ2v) is 17.5. The number of carbonyl (C=O) groups is 3. The van der Waals surface area contributed by atoms with Crippen molar-refractivity contribution in [3.05, 3.63) is 95.2 Å². The summed E-state index contributed by atoms with van der Waals surface area (Å²) in [7, 11) is 0.723. The molecule has 0 aliphatic carbocycles. The molecule has 0 saturated carbocycles. The maximum absolute atomic E-state index is 13.3. The number of piperidine rings is 2. The van der Waals surface area contributed by atoms with Crippen LogP contribution in [0.4, 0.5) is 23.1 Å². The molecule has 0 bridgehead atoms. The van der Waals surface area contributed by atoms with Gasteiger partial charge in [-0.1, -0.05) is 30.9 Å². The van der Waals surface area contributed by atoms with Crippen molar-refractivity contribution in [3.8, 4) is 17.6 Å². The monoisotopic (exact) mass is 854 g/mol. The second kappa shape index (κ2) is 18.5. The maximum Gasteiger partial charge on any atom is 0.362 e. The highest BCUT2D eigenvalue weighted by Gasteiger charge is 2.38. The van der Waals surface area contributed by atoms with E-state index in [4.69, 9.17) is 25.6 Å². The summed E-state index contributed by atoms with van der Waals surface area (Å²) in [4.78, 5) is 48.0. The number of aromatic nitrogens is 2. The largest absolute Gasteiger partial charge is 0.497 e. The van der Waals surface area contributed by atoms with Crippen LogP contribution in [0, 0.1) is 11.8 Å². The summed E-state index contributed by atoms with van der Waals surface area (Å²) in [5.41, 5.74) is 4.06. The molecule has 60 heavy (non-hydrogen) atoms. The molecule has 3 amide bonds. The molecule has 1 atom stereocenters. The molecule has 2 saturated heterocycles. The van der Waals surface area contributed by atoms with Crippen molar-refractivity contribution in [2.24, 2.45) is 0 Å². The summed E-state index contributed by atoms with van der Waals surface area (Å²) >= 11 is 7.04. The summed E-state index contributed by atoms with van der Waals surface area (Å²) in [6.07, 6.45) is 4.26. The lowest BCUT2D eigenvalue weighted by Gasteiger charge is -2.39. The van der Waals surface area contributed by atoms with Crippen molar-refractivity contribution in [2.75, 3.05) is 50.7 Å². The normalized spacial score (nSPS) is 17.0. The first-order chi connectivity index (χ1) is 29.0. The zero-order valence-electron chi connectivity index (χ0n) is 33.9. The van der Waals surface area contributed by atoms with Gasteiger partial charge in [0.2, 0.25) is 17.8 Å². The molecule has 3 aliphatic heterocycles. The van der Waals surface area contributed by atoms with E-state index < -0.39 is 13.6 Å². The molecule has 1 unspecified atom stereocenters. The van der Waals surface area contributed by atoms with Crippen molar-refractivity contribution in [1.82, 2.24) is 30.8 Å². The highest BCUT2D eigenvalue weighted by Crippen LogP contribution is 2.47. The molecular weight excluding hydrogens is 807 g/mol. The molecule has 15 nitrogen and oxygen atoms in total. The fraction of sp³-hybridized carbons (Fsp3) is 0.372. The molecule has 3 aromatic carbocycles. The fourth-order valence-electron chi connectivity index (χ4n) is 7.93. The van der Waals surface area contributed by atoms with Gasteiger partial charge in [0, 0.05) is 86.8 Å². The standard InChI is InChI=1S/C43H48ClN8O7P/c1-5-31(12-10-28-11-13-35-29(20-28)26-51(41(35)55)32-24-39(53)50-40(54)25-32)47-27-43(15-18-45-19-16-43)30-21-33(23-34(22-30)57-2)52(44)42-46-17-14-38(49-42)48-36-8-6-7-9-37(36)60(56,58-3)59-4/h6-9,11,13-14,17,20-23,31-32,45,47H,5,15-16,18-19,24-27H2,1-4H3,(H,46,48,49)(H,50,53,54). The van der Waals surface area contributed by atoms with E-state index >= 15 is 0 Å². The first-order valence-electron chi connectivity index (χ1n) is 19.8. The maximum atomic E-state index is 13.3. The van der Waals surface area contributed by atoms with E-state index in [0.29, 0.717) is 46.9 Å². The summed E-state index contributed by atoms with van der Waals surface area (Å²) in [6, 6.07) is 19.6. The van der Waals surface area contributed by atoms with Gasteiger partial charge >= 0.3 is 7.60 Å². The Hall–Kier alpha value is -5.33. The van der Waals surface area contributed by atoms with Gasteiger partial charge in [-0.05, 0) is 92.0 Å². The van der Waals surface area contributed by atoms with E-state index in [0.717, 1.165) is 49.0 Å². The average molecular weight is 855 g/mol. The first kappa shape index (κ1) is 42.8. The van der Waals surface area contributed by atoms with Crippen LogP contribution in [0.15, 0.2) is 72.9 Å². The number of amides is 3. The van der Waals surface area contributed by atoms with E-state index in [1.807, 2.05) is 24.3 Å². The van der Waals surface area contributed by atoms with Crippen molar-refractivity contribution in [3.63, 3.8) is 0 Å². The number of rotatable bonds is 14. The lowest BCUT2D eigenvalue weighted by atomic mass is 9.72. The zero-order valence-corrected chi connectivity index (χ0v) is 35.6.